The van der Waals surface area contributed by atoms with E-state index in [2.05, 4.69) is 37.4 Å². The van der Waals surface area contributed by atoms with E-state index in [1.165, 1.54) is 55.3 Å². The van der Waals surface area contributed by atoms with Crippen molar-refractivity contribution >= 4 is 0 Å². The zero-order valence-corrected chi connectivity index (χ0v) is 11.1. The molecule has 0 heterocycles. The number of aryl methyl sites for hydroxylation is 2. The summed E-state index contributed by atoms with van der Waals surface area (Å²) in [5, 5.41) is 3.71. The SMILES string of the molecule is Cc1cc(C)cc(CC2(CNC3CC3)CC2)c1. The Kier molecular flexibility index (Phi) is 2.74. The fourth-order valence-electron chi connectivity index (χ4n) is 2.85. The Labute approximate surface area is 105 Å². The molecule has 92 valence electrons. The summed E-state index contributed by atoms with van der Waals surface area (Å²) in [5.74, 6) is 0. The Morgan fingerprint density at radius 3 is 2.29 bits per heavy atom. The third kappa shape index (κ3) is 2.90. The first-order valence-corrected chi connectivity index (χ1v) is 6.96. The second-order valence-electron chi connectivity index (χ2n) is 6.33. The number of hydrogen-bond donors (Lipinski definition) is 1. The Hall–Kier alpha value is -0.820. The van der Waals surface area contributed by atoms with E-state index < -0.39 is 0 Å². The van der Waals surface area contributed by atoms with Crippen molar-refractivity contribution in [3.05, 3.63) is 34.9 Å². The molecule has 2 fully saturated rings. The summed E-state index contributed by atoms with van der Waals surface area (Å²) in [6, 6.07) is 7.85. The monoisotopic (exact) mass is 229 g/mol. The van der Waals surface area contributed by atoms with Gasteiger partial charge in [-0.25, -0.2) is 0 Å². The molecular formula is C16H23N. The van der Waals surface area contributed by atoms with E-state index >= 15 is 0 Å². The van der Waals surface area contributed by atoms with Gasteiger partial charge in [-0.3, -0.25) is 0 Å². The minimum atomic E-state index is 0.600. The first-order chi connectivity index (χ1) is 8.15. The van der Waals surface area contributed by atoms with Crippen LogP contribution in [-0.4, -0.2) is 12.6 Å². The van der Waals surface area contributed by atoms with E-state index in [9.17, 15) is 0 Å². The maximum Gasteiger partial charge on any atom is 0.00684 e. The second kappa shape index (κ2) is 4.13. The van der Waals surface area contributed by atoms with Crippen molar-refractivity contribution in [3.63, 3.8) is 0 Å². The van der Waals surface area contributed by atoms with E-state index in [1.807, 2.05) is 0 Å². The Balaban J connectivity index is 1.64. The summed E-state index contributed by atoms with van der Waals surface area (Å²) < 4.78 is 0. The topological polar surface area (TPSA) is 12.0 Å². The number of nitrogens with one attached hydrogen (secondary N) is 1. The van der Waals surface area contributed by atoms with Gasteiger partial charge in [0.1, 0.15) is 0 Å². The van der Waals surface area contributed by atoms with Crippen molar-refractivity contribution in [2.45, 2.75) is 52.0 Å². The Morgan fingerprint density at radius 1 is 1.12 bits per heavy atom. The highest BCUT2D eigenvalue weighted by atomic mass is 15.0. The van der Waals surface area contributed by atoms with E-state index in [-0.39, 0.29) is 0 Å². The van der Waals surface area contributed by atoms with Gasteiger partial charge in [-0.15, -0.1) is 0 Å². The fraction of sp³-hybridized carbons (Fsp3) is 0.625. The summed E-state index contributed by atoms with van der Waals surface area (Å²) >= 11 is 0. The zero-order valence-electron chi connectivity index (χ0n) is 11.1. The smallest absolute Gasteiger partial charge is 0.00684 e. The van der Waals surface area contributed by atoms with Crippen LogP contribution in [0.1, 0.15) is 42.4 Å². The average molecular weight is 229 g/mol. The number of benzene rings is 1. The fourth-order valence-corrected chi connectivity index (χ4v) is 2.85. The van der Waals surface area contributed by atoms with Crippen LogP contribution in [0, 0.1) is 19.3 Å². The van der Waals surface area contributed by atoms with Gasteiger partial charge in [0.2, 0.25) is 0 Å². The van der Waals surface area contributed by atoms with Gasteiger partial charge in [-0.05, 0) is 56.9 Å². The molecular weight excluding hydrogens is 206 g/mol. The molecule has 0 bridgehead atoms. The quantitative estimate of drug-likeness (QED) is 0.816. The van der Waals surface area contributed by atoms with Gasteiger partial charge in [0.05, 0.1) is 0 Å². The third-order valence-electron chi connectivity index (χ3n) is 4.16. The van der Waals surface area contributed by atoms with Crippen molar-refractivity contribution in [1.82, 2.24) is 5.32 Å². The van der Waals surface area contributed by atoms with Crippen molar-refractivity contribution in [1.29, 1.82) is 0 Å². The maximum atomic E-state index is 3.71. The van der Waals surface area contributed by atoms with Crippen LogP contribution in [0.4, 0.5) is 0 Å². The van der Waals surface area contributed by atoms with Gasteiger partial charge < -0.3 is 5.32 Å². The molecule has 0 aromatic heterocycles. The van der Waals surface area contributed by atoms with E-state index in [1.54, 1.807) is 0 Å². The highest BCUT2D eigenvalue weighted by molar-refractivity contribution is 5.30. The summed E-state index contributed by atoms with van der Waals surface area (Å²) in [7, 11) is 0. The summed E-state index contributed by atoms with van der Waals surface area (Å²) in [4.78, 5) is 0. The van der Waals surface area contributed by atoms with Crippen LogP contribution in [0.25, 0.3) is 0 Å². The van der Waals surface area contributed by atoms with E-state index in [0.29, 0.717) is 5.41 Å². The Bertz CT molecular complexity index is 393. The van der Waals surface area contributed by atoms with Gasteiger partial charge in [0.15, 0.2) is 0 Å². The van der Waals surface area contributed by atoms with Crippen LogP contribution in [0.3, 0.4) is 0 Å². The predicted octanol–water partition coefficient (Wildman–Crippen LogP) is 3.38. The minimum absolute atomic E-state index is 0.600. The van der Waals surface area contributed by atoms with Crippen LogP contribution in [0.15, 0.2) is 18.2 Å². The first-order valence-electron chi connectivity index (χ1n) is 6.96. The molecule has 0 unspecified atom stereocenters. The summed E-state index contributed by atoms with van der Waals surface area (Å²) in [6.07, 6.45) is 6.91. The molecule has 1 nitrogen and oxygen atoms in total. The lowest BCUT2D eigenvalue weighted by Gasteiger charge is -2.16. The number of rotatable bonds is 5. The molecule has 2 aliphatic rings. The highest BCUT2D eigenvalue weighted by Crippen LogP contribution is 2.48. The van der Waals surface area contributed by atoms with Gasteiger partial charge in [0, 0.05) is 12.6 Å². The van der Waals surface area contributed by atoms with Gasteiger partial charge in [-0.1, -0.05) is 29.3 Å². The molecule has 2 saturated carbocycles. The molecule has 17 heavy (non-hydrogen) atoms. The lowest BCUT2D eigenvalue weighted by Crippen LogP contribution is -2.27. The van der Waals surface area contributed by atoms with Gasteiger partial charge in [-0.2, -0.15) is 0 Å². The van der Waals surface area contributed by atoms with E-state index in [4.69, 9.17) is 0 Å². The molecule has 1 aromatic carbocycles. The molecule has 0 radical (unpaired) electrons. The van der Waals surface area contributed by atoms with Gasteiger partial charge >= 0.3 is 0 Å². The highest BCUT2D eigenvalue weighted by Gasteiger charge is 2.43. The van der Waals surface area contributed by atoms with Gasteiger partial charge in [0.25, 0.3) is 0 Å². The summed E-state index contributed by atoms with van der Waals surface area (Å²) in [5.41, 5.74) is 4.96. The Morgan fingerprint density at radius 2 is 1.76 bits per heavy atom. The third-order valence-corrected chi connectivity index (χ3v) is 4.16. The first kappa shape index (κ1) is 11.3. The van der Waals surface area contributed by atoms with Crippen LogP contribution in [-0.2, 0) is 6.42 Å². The molecule has 0 spiro atoms. The molecule has 3 rings (SSSR count). The zero-order chi connectivity index (χ0) is 11.9. The molecule has 2 aliphatic carbocycles. The van der Waals surface area contributed by atoms with Crippen molar-refractivity contribution < 1.29 is 0 Å². The van der Waals surface area contributed by atoms with Crippen LogP contribution < -0.4 is 5.32 Å². The van der Waals surface area contributed by atoms with E-state index in [0.717, 1.165) is 6.04 Å². The second-order valence-corrected chi connectivity index (χ2v) is 6.33. The standard InChI is InChI=1S/C16H23N/c1-12-7-13(2)9-14(8-12)10-16(5-6-16)11-17-15-3-4-15/h7-9,15,17H,3-6,10-11H2,1-2H3. The number of hydrogen-bond acceptors (Lipinski definition) is 1. The maximum absolute atomic E-state index is 3.71. The lowest BCUT2D eigenvalue weighted by molar-refractivity contribution is 0.453. The largest absolute Gasteiger partial charge is 0.313 e. The summed E-state index contributed by atoms with van der Waals surface area (Å²) in [6.45, 7) is 5.65. The van der Waals surface area contributed by atoms with Crippen molar-refractivity contribution in [2.24, 2.45) is 5.41 Å². The molecule has 0 atom stereocenters. The van der Waals surface area contributed by atoms with Crippen LogP contribution in [0.5, 0.6) is 0 Å². The minimum Gasteiger partial charge on any atom is -0.313 e. The lowest BCUT2D eigenvalue weighted by atomic mass is 9.94. The predicted molar refractivity (Wildman–Crippen MR) is 72.3 cm³/mol. The van der Waals surface area contributed by atoms with Crippen LogP contribution >= 0.6 is 0 Å². The van der Waals surface area contributed by atoms with Crippen molar-refractivity contribution in [3.8, 4) is 0 Å². The molecule has 0 saturated heterocycles. The normalized spacial score (nSPS) is 21.5. The van der Waals surface area contributed by atoms with Crippen LogP contribution in [0.2, 0.25) is 0 Å². The van der Waals surface area contributed by atoms with Crippen molar-refractivity contribution in [2.75, 3.05) is 6.54 Å². The molecule has 1 N–H and O–H groups in total. The molecule has 1 aromatic rings. The average Bonchev–Trinajstić information content (AvgIpc) is 3.09. The molecule has 1 heteroatoms. The molecule has 0 aliphatic heterocycles. The molecule has 0 amide bonds.